The molecule has 0 spiro atoms. The number of ether oxygens (including phenoxy) is 1. The molecular weight excluding hydrogens is 534 g/mol. The predicted octanol–water partition coefficient (Wildman–Crippen LogP) is 5.08. The fraction of sp³-hybridized carbons (Fsp3) is 0.192. The first-order chi connectivity index (χ1) is 17.6. The number of nitrogens with one attached hydrogen (secondary N) is 1. The van der Waals surface area contributed by atoms with Gasteiger partial charge in [-0.2, -0.15) is 4.99 Å². The van der Waals surface area contributed by atoms with Crippen LogP contribution in [0.15, 0.2) is 70.6 Å². The van der Waals surface area contributed by atoms with Gasteiger partial charge in [0.2, 0.25) is 0 Å². The summed E-state index contributed by atoms with van der Waals surface area (Å²) in [6, 6.07) is 15.8. The molecule has 0 saturated heterocycles. The number of hydrogen-bond acceptors (Lipinski definition) is 6. The number of halogens is 1. The van der Waals surface area contributed by atoms with Crippen LogP contribution in [0.2, 0.25) is 5.02 Å². The molecule has 0 unspecified atom stereocenters. The Hall–Kier alpha value is -3.47. The number of esters is 1. The van der Waals surface area contributed by atoms with E-state index < -0.39 is 21.9 Å². The first-order valence-electron chi connectivity index (χ1n) is 11.3. The van der Waals surface area contributed by atoms with Gasteiger partial charge in [-0.15, -0.1) is 0 Å². The Kier molecular flexibility index (Phi) is 7.82. The number of para-hydroxylation sites is 1. The predicted molar refractivity (Wildman–Crippen MR) is 145 cm³/mol. The summed E-state index contributed by atoms with van der Waals surface area (Å²) >= 11 is 7.14. The molecule has 0 fully saturated rings. The van der Waals surface area contributed by atoms with Gasteiger partial charge in [-0.3, -0.25) is 14.3 Å². The van der Waals surface area contributed by atoms with Crippen molar-refractivity contribution in [2.24, 2.45) is 4.99 Å². The average molecular weight is 558 g/mol. The van der Waals surface area contributed by atoms with Crippen molar-refractivity contribution in [2.75, 3.05) is 11.3 Å². The lowest BCUT2D eigenvalue weighted by Crippen LogP contribution is -2.23. The van der Waals surface area contributed by atoms with Crippen LogP contribution in [0.25, 0.3) is 10.2 Å². The first-order valence-corrected chi connectivity index (χ1v) is 14.0. The zero-order valence-corrected chi connectivity index (χ0v) is 22.7. The summed E-state index contributed by atoms with van der Waals surface area (Å²) in [6.45, 7) is 5.78. The lowest BCUT2D eigenvalue weighted by atomic mass is 10.1. The Bertz CT molecular complexity index is 1670. The Balaban J connectivity index is 1.77. The number of aryl methyl sites for hydroxylation is 2. The molecular formula is C26H24ClN3O5S2. The maximum absolute atomic E-state index is 13.3. The number of nitrogens with zero attached hydrogens (tertiary/aromatic N) is 2. The molecule has 3 aromatic carbocycles. The monoisotopic (exact) mass is 557 g/mol. The number of carbonyl (C=O) groups excluding carboxylic acids is 2. The molecule has 0 aliphatic heterocycles. The van der Waals surface area contributed by atoms with Crippen molar-refractivity contribution in [3.63, 3.8) is 0 Å². The van der Waals surface area contributed by atoms with Gasteiger partial charge in [0.05, 0.1) is 33.0 Å². The number of amides is 1. The molecule has 1 heterocycles. The SMILES string of the molecule is CCOC(=O)Cn1c(=NC(=O)c2ccccc2NS(=O)(=O)c2ccc(Cl)cc2)sc2cc(C)c(C)cc21. The summed E-state index contributed by atoms with van der Waals surface area (Å²) in [5.74, 6) is -1.11. The molecule has 8 nitrogen and oxygen atoms in total. The van der Waals surface area contributed by atoms with E-state index in [4.69, 9.17) is 16.3 Å². The van der Waals surface area contributed by atoms with Gasteiger partial charge in [0, 0.05) is 5.02 Å². The summed E-state index contributed by atoms with van der Waals surface area (Å²) in [7, 11) is -3.99. The number of thiazole rings is 1. The molecule has 4 aromatic rings. The summed E-state index contributed by atoms with van der Waals surface area (Å²) in [5, 5.41) is 0.401. The van der Waals surface area contributed by atoms with E-state index in [-0.39, 0.29) is 29.3 Å². The van der Waals surface area contributed by atoms with Gasteiger partial charge in [-0.25, -0.2) is 8.42 Å². The molecule has 1 N–H and O–H groups in total. The van der Waals surface area contributed by atoms with E-state index in [9.17, 15) is 18.0 Å². The van der Waals surface area contributed by atoms with Gasteiger partial charge >= 0.3 is 5.97 Å². The van der Waals surface area contributed by atoms with Crippen LogP contribution in [0.3, 0.4) is 0 Å². The van der Waals surface area contributed by atoms with E-state index in [0.29, 0.717) is 9.82 Å². The van der Waals surface area contributed by atoms with Gasteiger partial charge in [0.25, 0.3) is 15.9 Å². The molecule has 0 saturated carbocycles. The number of aromatic nitrogens is 1. The third kappa shape index (κ3) is 5.93. The van der Waals surface area contributed by atoms with E-state index in [1.165, 1.54) is 47.7 Å². The van der Waals surface area contributed by atoms with Gasteiger partial charge in [-0.1, -0.05) is 35.1 Å². The van der Waals surface area contributed by atoms with E-state index in [2.05, 4.69) is 9.71 Å². The molecule has 0 bridgehead atoms. The molecule has 11 heteroatoms. The molecule has 1 amide bonds. The fourth-order valence-corrected chi connectivity index (χ4v) is 5.93. The van der Waals surface area contributed by atoms with Gasteiger partial charge < -0.3 is 9.30 Å². The summed E-state index contributed by atoms with van der Waals surface area (Å²) in [5.41, 5.74) is 2.99. The van der Waals surface area contributed by atoms with Crippen molar-refractivity contribution >= 4 is 60.7 Å². The van der Waals surface area contributed by atoms with Crippen LogP contribution < -0.4 is 9.52 Å². The molecule has 1 aromatic heterocycles. The van der Waals surface area contributed by atoms with Gasteiger partial charge in [0.15, 0.2) is 4.80 Å². The topological polar surface area (TPSA) is 107 Å². The third-order valence-corrected chi connectivity index (χ3v) is 8.29. The van der Waals surface area contributed by atoms with Crippen LogP contribution in [0.4, 0.5) is 5.69 Å². The third-order valence-electron chi connectivity index (χ3n) is 5.61. The van der Waals surface area contributed by atoms with Crippen LogP contribution in [0.5, 0.6) is 0 Å². The summed E-state index contributed by atoms with van der Waals surface area (Å²) in [4.78, 5) is 30.3. The minimum atomic E-state index is -3.99. The van der Waals surface area contributed by atoms with E-state index in [1.807, 2.05) is 26.0 Å². The summed E-state index contributed by atoms with van der Waals surface area (Å²) < 4.78 is 35.9. The minimum absolute atomic E-state index is 0.00128. The van der Waals surface area contributed by atoms with Crippen molar-refractivity contribution in [1.29, 1.82) is 0 Å². The zero-order chi connectivity index (χ0) is 26.7. The van der Waals surface area contributed by atoms with Crippen molar-refractivity contribution in [3.05, 3.63) is 87.2 Å². The molecule has 4 rings (SSSR count). The first kappa shape index (κ1) is 26.6. The maximum Gasteiger partial charge on any atom is 0.326 e. The van der Waals surface area contributed by atoms with Crippen LogP contribution in [0.1, 0.15) is 28.4 Å². The Morgan fingerprint density at radius 1 is 1.05 bits per heavy atom. The molecule has 0 aliphatic rings. The second-order valence-electron chi connectivity index (χ2n) is 8.20. The Morgan fingerprint density at radius 3 is 2.43 bits per heavy atom. The number of benzene rings is 3. The van der Waals surface area contributed by atoms with Crippen molar-refractivity contribution in [2.45, 2.75) is 32.2 Å². The number of anilines is 1. The second-order valence-corrected chi connectivity index (χ2v) is 11.3. The maximum atomic E-state index is 13.3. The van der Waals surface area contributed by atoms with Gasteiger partial charge in [-0.05, 0) is 80.4 Å². The highest BCUT2D eigenvalue weighted by molar-refractivity contribution is 7.92. The normalized spacial score (nSPS) is 12.1. The second kappa shape index (κ2) is 10.9. The van der Waals surface area contributed by atoms with Crippen LogP contribution in [-0.2, 0) is 26.1 Å². The molecule has 0 aliphatic carbocycles. The molecule has 37 heavy (non-hydrogen) atoms. The zero-order valence-electron chi connectivity index (χ0n) is 20.3. The van der Waals surface area contributed by atoms with Crippen LogP contribution >= 0.6 is 22.9 Å². The van der Waals surface area contributed by atoms with Crippen molar-refractivity contribution in [3.8, 4) is 0 Å². The number of fused-ring (bicyclic) bond motifs is 1. The van der Waals surface area contributed by atoms with Gasteiger partial charge in [0.1, 0.15) is 6.54 Å². The molecule has 192 valence electrons. The standard InChI is InChI=1S/C26H24ClN3O5S2/c1-4-35-24(31)15-30-22-13-16(2)17(3)14-23(22)36-26(30)28-25(32)20-7-5-6-8-21(20)29-37(33,34)19-11-9-18(27)10-12-19/h5-14,29H,4,15H2,1-3H3. The number of carbonyl (C=O) groups is 2. The number of rotatable bonds is 7. The highest BCUT2D eigenvalue weighted by atomic mass is 35.5. The minimum Gasteiger partial charge on any atom is -0.465 e. The Labute approximate surface area is 223 Å². The fourth-order valence-electron chi connectivity index (χ4n) is 3.62. The number of hydrogen-bond donors (Lipinski definition) is 1. The van der Waals surface area contributed by atoms with Crippen molar-refractivity contribution < 1.29 is 22.7 Å². The number of sulfonamides is 1. The lowest BCUT2D eigenvalue weighted by molar-refractivity contribution is -0.143. The van der Waals surface area contributed by atoms with E-state index >= 15 is 0 Å². The average Bonchev–Trinajstić information content (AvgIpc) is 3.15. The largest absolute Gasteiger partial charge is 0.465 e. The van der Waals surface area contributed by atoms with Crippen LogP contribution in [-0.4, -0.2) is 31.5 Å². The highest BCUT2D eigenvalue weighted by Crippen LogP contribution is 2.24. The highest BCUT2D eigenvalue weighted by Gasteiger charge is 2.19. The van der Waals surface area contributed by atoms with Crippen LogP contribution in [0, 0.1) is 13.8 Å². The smallest absolute Gasteiger partial charge is 0.326 e. The lowest BCUT2D eigenvalue weighted by Gasteiger charge is -2.11. The van der Waals surface area contributed by atoms with E-state index in [0.717, 1.165) is 21.3 Å². The Morgan fingerprint density at radius 2 is 1.73 bits per heavy atom. The summed E-state index contributed by atoms with van der Waals surface area (Å²) in [6.07, 6.45) is 0. The van der Waals surface area contributed by atoms with Crippen molar-refractivity contribution in [1.82, 2.24) is 4.57 Å². The quantitative estimate of drug-likeness (QED) is 0.319. The van der Waals surface area contributed by atoms with E-state index in [1.54, 1.807) is 23.6 Å². The molecule has 0 radical (unpaired) electrons. The molecule has 0 atom stereocenters.